The lowest BCUT2D eigenvalue weighted by Gasteiger charge is -2.58. The summed E-state index contributed by atoms with van der Waals surface area (Å²) < 4.78 is 44.1. The van der Waals surface area contributed by atoms with Crippen LogP contribution in [0.5, 0.6) is 0 Å². The first-order valence-electron chi connectivity index (χ1n) is 10.4. The van der Waals surface area contributed by atoms with Crippen LogP contribution in [0, 0.1) is 5.82 Å². The molecule has 8 nitrogen and oxygen atoms in total. The zero-order chi connectivity index (χ0) is 25.5. The quantitative estimate of drug-likeness (QED) is 0.585. The van der Waals surface area contributed by atoms with Crippen LogP contribution in [0.4, 0.5) is 23.8 Å². The van der Waals surface area contributed by atoms with E-state index in [1.807, 2.05) is 0 Å². The standard InChI is InChI=1S/C22H19Cl2F3N4O4/c1-12(13-2-4-14(23)5-3-13)31-18(32)8-30(19-16(25)6-15(24)7-28-19)20(33)22(31)10-29(11-22)21(34)35-9-17(26)27/h2-7,12,17H,8-11H2,1H3/t12-/m0/s1. The topological polar surface area (TPSA) is 83.1 Å². The number of hydrogen-bond donors (Lipinski definition) is 0. The van der Waals surface area contributed by atoms with Gasteiger partial charge in [0.05, 0.1) is 24.2 Å². The third kappa shape index (κ3) is 4.62. The molecular weight excluding hydrogens is 512 g/mol. The molecule has 1 spiro atoms. The normalized spacial score (nSPS) is 18.2. The van der Waals surface area contributed by atoms with E-state index in [9.17, 15) is 27.6 Å². The number of amides is 3. The van der Waals surface area contributed by atoms with Gasteiger partial charge in [-0.05, 0) is 30.7 Å². The molecule has 186 valence electrons. The molecule has 2 aliphatic rings. The first-order valence-corrected chi connectivity index (χ1v) is 11.2. The van der Waals surface area contributed by atoms with Crippen LogP contribution in [0.2, 0.25) is 10.0 Å². The Hall–Kier alpha value is -3.05. The fourth-order valence-electron chi connectivity index (χ4n) is 4.36. The van der Waals surface area contributed by atoms with Gasteiger partial charge in [0, 0.05) is 11.2 Å². The number of aromatic nitrogens is 1. The molecule has 1 aromatic heterocycles. The largest absolute Gasteiger partial charge is 0.443 e. The van der Waals surface area contributed by atoms with Crippen molar-refractivity contribution in [2.75, 3.05) is 31.1 Å². The molecule has 3 amide bonds. The number of pyridine rings is 1. The van der Waals surface area contributed by atoms with E-state index >= 15 is 0 Å². The summed E-state index contributed by atoms with van der Waals surface area (Å²) in [6.07, 6.45) is -2.77. The van der Waals surface area contributed by atoms with Crippen LogP contribution >= 0.6 is 23.2 Å². The van der Waals surface area contributed by atoms with Crippen molar-refractivity contribution in [3.8, 4) is 0 Å². The molecule has 13 heteroatoms. The predicted octanol–water partition coefficient (Wildman–Crippen LogP) is 3.92. The van der Waals surface area contributed by atoms with E-state index in [4.69, 9.17) is 23.2 Å². The maximum Gasteiger partial charge on any atom is 0.410 e. The van der Waals surface area contributed by atoms with Gasteiger partial charge in [-0.3, -0.25) is 14.5 Å². The summed E-state index contributed by atoms with van der Waals surface area (Å²) >= 11 is 11.7. The minimum atomic E-state index is -2.86. The van der Waals surface area contributed by atoms with Gasteiger partial charge in [0.25, 0.3) is 12.3 Å². The first-order chi connectivity index (χ1) is 16.5. The number of benzene rings is 1. The lowest BCUT2D eigenvalue weighted by molar-refractivity contribution is -0.166. The Balaban J connectivity index is 1.68. The summed E-state index contributed by atoms with van der Waals surface area (Å²) in [4.78, 5) is 46.5. The minimum absolute atomic E-state index is 0.00586. The Morgan fingerprint density at radius 2 is 1.83 bits per heavy atom. The van der Waals surface area contributed by atoms with Crippen LogP contribution in [-0.2, 0) is 14.3 Å². The Morgan fingerprint density at radius 1 is 1.17 bits per heavy atom. The number of nitrogens with zero attached hydrogens (tertiary/aromatic N) is 4. The van der Waals surface area contributed by atoms with Crippen LogP contribution in [0.3, 0.4) is 0 Å². The van der Waals surface area contributed by atoms with Crippen LogP contribution in [0.15, 0.2) is 36.5 Å². The summed E-state index contributed by atoms with van der Waals surface area (Å²) in [7, 11) is 0. The van der Waals surface area contributed by atoms with Crippen molar-refractivity contribution in [1.82, 2.24) is 14.8 Å². The molecule has 1 atom stereocenters. The van der Waals surface area contributed by atoms with Crippen molar-refractivity contribution < 1.29 is 32.3 Å². The highest BCUT2D eigenvalue weighted by Gasteiger charge is 2.62. The fourth-order valence-corrected chi connectivity index (χ4v) is 4.63. The predicted molar refractivity (Wildman–Crippen MR) is 120 cm³/mol. The van der Waals surface area contributed by atoms with Gasteiger partial charge in [-0.25, -0.2) is 22.9 Å². The molecule has 0 N–H and O–H groups in total. The average Bonchev–Trinajstić information content (AvgIpc) is 2.77. The molecule has 2 fully saturated rings. The van der Waals surface area contributed by atoms with E-state index in [1.54, 1.807) is 31.2 Å². The van der Waals surface area contributed by atoms with Crippen molar-refractivity contribution >= 4 is 46.9 Å². The molecule has 4 rings (SSSR count). The van der Waals surface area contributed by atoms with Gasteiger partial charge in [0.2, 0.25) is 5.91 Å². The van der Waals surface area contributed by atoms with Gasteiger partial charge < -0.3 is 14.5 Å². The van der Waals surface area contributed by atoms with E-state index < -0.39 is 54.9 Å². The maximum atomic E-state index is 14.6. The van der Waals surface area contributed by atoms with E-state index in [1.165, 1.54) is 4.90 Å². The van der Waals surface area contributed by atoms with E-state index in [0.717, 1.165) is 22.1 Å². The van der Waals surface area contributed by atoms with Gasteiger partial charge >= 0.3 is 6.09 Å². The van der Waals surface area contributed by atoms with Crippen LogP contribution in [0.1, 0.15) is 18.5 Å². The summed E-state index contributed by atoms with van der Waals surface area (Å²) in [5.74, 6) is -2.49. The van der Waals surface area contributed by atoms with Gasteiger partial charge in [0.15, 0.2) is 23.8 Å². The molecule has 0 bridgehead atoms. The van der Waals surface area contributed by atoms with Crippen molar-refractivity contribution in [1.29, 1.82) is 0 Å². The number of hydrogen-bond acceptors (Lipinski definition) is 5. The number of ether oxygens (including phenoxy) is 1. The van der Waals surface area contributed by atoms with Crippen molar-refractivity contribution in [2.45, 2.75) is 24.9 Å². The lowest BCUT2D eigenvalue weighted by Crippen LogP contribution is -2.81. The van der Waals surface area contributed by atoms with Crippen molar-refractivity contribution in [3.05, 3.63) is 58.0 Å². The molecule has 2 aliphatic heterocycles. The summed E-state index contributed by atoms with van der Waals surface area (Å²) in [5.41, 5.74) is -0.927. The SMILES string of the molecule is C[C@@H](c1ccc(Cl)cc1)N1C(=O)CN(c2ncc(Cl)cc2F)C(=O)C12CN(C(=O)OCC(F)F)C2. The van der Waals surface area contributed by atoms with Crippen molar-refractivity contribution in [3.63, 3.8) is 0 Å². The fraction of sp³-hybridized carbons (Fsp3) is 0.364. The summed E-state index contributed by atoms with van der Waals surface area (Å²) in [6.45, 7) is -0.566. The number of carbonyl (C=O) groups excluding carboxylic acids is 3. The smallest absolute Gasteiger partial charge is 0.410 e. The van der Waals surface area contributed by atoms with Crippen LogP contribution < -0.4 is 4.90 Å². The number of alkyl halides is 2. The Morgan fingerprint density at radius 3 is 2.43 bits per heavy atom. The molecule has 0 radical (unpaired) electrons. The second-order valence-corrected chi connectivity index (χ2v) is 9.07. The molecule has 1 aromatic carbocycles. The lowest BCUT2D eigenvalue weighted by atomic mass is 9.82. The van der Waals surface area contributed by atoms with Crippen LogP contribution in [-0.4, -0.2) is 70.9 Å². The second-order valence-electron chi connectivity index (χ2n) is 8.20. The van der Waals surface area contributed by atoms with Gasteiger partial charge in [-0.15, -0.1) is 0 Å². The number of carbonyl (C=O) groups is 3. The highest BCUT2D eigenvalue weighted by molar-refractivity contribution is 6.30. The van der Waals surface area contributed by atoms with Gasteiger partial charge in [0.1, 0.15) is 6.54 Å². The number of halogens is 5. The summed E-state index contributed by atoms with van der Waals surface area (Å²) in [5, 5.41) is 0.482. The number of rotatable bonds is 5. The molecule has 0 unspecified atom stereocenters. The Labute approximate surface area is 208 Å². The molecule has 2 saturated heterocycles. The monoisotopic (exact) mass is 530 g/mol. The zero-order valence-electron chi connectivity index (χ0n) is 18.3. The highest BCUT2D eigenvalue weighted by Crippen LogP contribution is 2.41. The molecule has 0 saturated carbocycles. The molecule has 35 heavy (non-hydrogen) atoms. The number of likely N-dealkylation sites (tertiary alicyclic amines) is 1. The van der Waals surface area contributed by atoms with Crippen molar-refractivity contribution in [2.24, 2.45) is 0 Å². The first kappa shape index (κ1) is 25.1. The Kier molecular flexibility index (Phi) is 6.83. The molecule has 0 aliphatic carbocycles. The zero-order valence-corrected chi connectivity index (χ0v) is 19.8. The third-order valence-electron chi connectivity index (χ3n) is 5.95. The average molecular weight is 531 g/mol. The number of anilines is 1. The van der Waals surface area contributed by atoms with E-state index in [0.29, 0.717) is 10.6 Å². The van der Waals surface area contributed by atoms with Gasteiger partial charge in [-0.2, -0.15) is 0 Å². The molecule has 3 heterocycles. The molecule has 2 aromatic rings. The highest BCUT2D eigenvalue weighted by atomic mass is 35.5. The van der Waals surface area contributed by atoms with E-state index in [2.05, 4.69) is 9.72 Å². The molecular formula is C22H19Cl2F3N4O4. The van der Waals surface area contributed by atoms with E-state index in [-0.39, 0.29) is 23.9 Å². The maximum absolute atomic E-state index is 14.6. The van der Waals surface area contributed by atoms with Crippen LogP contribution in [0.25, 0.3) is 0 Å². The minimum Gasteiger partial charge on any atom is -0.443 e. The Bertz CT molecular complexity index is 1160. The third-order valence-corrected chi connectivity index (χ3v) is 6.40. The second kappa shape index (κ2) is 9.54. The number of piperazine rings is 1. The summed E-state index contributed by atoms with van der Waals surface area (Å²) in [6, 6.07) is 6.98. The van der Waals surface area contributed by atoms with Gasteiger partial charge in [-0.1, -0.05) is 35.3 Å².